The fraction of sp³-hybridized carbons (Fsp3) is 0.643. The molecule has 0 atom stereocenters. The number of methoxy groups -OCH3 is 1. The summed E-state index contributed by atoms with van der Waals surface area (Å²) in [5.74, 6) is 0.628. The number of anilines is 1. The van der Waals surface area contributed by atoms with Crippen LogP contribution in [0, 0.1) is 0 Å². The van der Waals surface area contributed by atoms with Crippen LogP contribution < -0.4 is 10.2 Å². The summed E-state index contributed by atoms with van der Waals surface area (Å²) in [5.41, 5.74) is 1.27. The fourth-order valence-corrected chi connectivity index (χ4v) is 1.57. The zero-order valence-electron chi connectivity index (χ0n) is 12.9. The molecule has 0 aromatic carbocycles. The fourth-order valence-electron chi connectivity index (χ4n) is 1.57. The van der Waals surface area contributed by atoms with E-state index in [1.54, 1.807) is 18.1 Å². The van der Waals surface area contributed by atoms with Gasteiger partial charge in [-0.05, 0) is 18.4 Å². The van der Waals surface area contributed by atoms with Crippen molar-refractivity contribution in [3.8, 4) is 0 Å². The Hall–Kier alpha value is -1.69. The molecule has 1 heterocycles. The summed E-state index contributed by atoms with van der Waals surface area (Å²) in [6.45, 7) is 5.29. The summed E-state index contributed by atoms with van der Waals surface area (Å²) in [7, 11) is 5.37. The van der Waals surface area contributed by atoms with Gasteiger partial charge in [0.1, 0.15) is 5.69 Å². The highest BCUT2D eigenvalue weighted by molar-refractivity contribution is 5.92. The monoisotopic (exact) mass is 280 g/mol. The first kappa shape index (κ1) is 16.4. The minimum Gasteiger partial charge on any atom is -0.385 e. The zero-order chi connectivity index (χ0) is 15.1. The summed E-state index contributed by atoms with van der Waals surface area (Å²) in [4.78, 5) is 22.6. The van der Waals surface area contributed by atoms with Crippen LogP contribution in [0.15, 0.2) is 6.07 Å². The Morgan fingerprint density at radius 2 is 2.10 bits per heavy atom. The Morgan fingerprint density at radius 1 is 1.40 bits per heavy atom. The first-order valence-corrected chi connectivity index (χ1v) is 6.79. The van der Waals surface area contributed by atoms with Crippen molar-refractivity contribution in [3.05, 3.63) is 17.5 Å². The van der Waals surface area contributed by atoms with Gasteiger partial charge in [0, 0.05) is 40.1 Å². The van der Waals surface area contributed by atoms with Crippen LogP contribution in [0.25, 0.3) is 0 Å². The molecule has 6 nitrogen and oxygen atoms in total. The number of ether oxygens (including phenoxy) is 1. The van der Waals surface area contributed by atoms with Crippen LogP contribution in [0.5, 0.6) is 0 Å². The van der Waals surface area contributed by atoms with Crippen molar-refractivity contribution in [2.75, 3.05) is 39.3 Å². The third-order valence-corrected chi connectivity index (χ3v) is 2.77. The highest BCUT2D eigenvalue weighted by atomic mass is 16.5. The van der Waals surface area contributed by atoms with Gasteiger partial charge in [-0.2, -0.15) is 0 Å². The van der Waals surface area contributed by atoms with Gasteiger partial charge in [-0.15, -0.1) is 0 Å². The smallest absolute Gasteiger partial charge is 0.270 e. The van der Waals surface area contributed by atoms with Gasteiger partial charge < -0.3 is 15.0 Å². The van der Waals surface area contributed by atoms with Gasteiger partial charge in [-0.1, -0.05) is 13.8 Å². The molecule has 1 aromatic rings. The van der Waals surface area contributed by atoms with E-state index in [0.717, 1.165) is 12.1 Å². The number of amides is 1. The normalized spacial score (nSPS) is 10.7. The lowest BCUT2D eigenvalue weighted by Crippen LogP contribution is -2.27. The van der Waals surface area contributed by atoms with Crippen LogP contribution in [0.3, 0.4) is 0 Å². The van der Waals surface area contributed by atoms with E-state index in [2.05, 4.69) is 15.3 Å². The van der Waals surface area contributed by atoms with Gasteiger partial charge in [0.05, 0.1) is 0 Å². The lowest BCUT2D eigenvalue weighted by atomic mass is 10.1. The highest BCUT2D eigenvalue weighted by Gasteiger charge is 2.14. The number of rotatable bonds is 7. The molecule has 0 saturated carbocycles. The molecule has 0 aliphatic rings. The molecule has 20 heavy (non-hydrogen) atoms. The predicted molar refractivity (Wildman–Crippen MR) is 79.3 cm³/mol. The maximum atomic E-state index is 12.1. The second-order valence-corrected chi connectivity index (χ2v) is 5.13. The van der Waals surface area contributed by atoms with E-state index in [1.165, 1.54) is 0 Å². The largest absolute Gasteiger partial charge is 0.385 e. The quantitative estimate of drug-likeness (QED) is 0.765. The molecule has 1 N–H and O–H groups in total. The van der Waals surface area contributed by atoms with Gasteiger partial charge >= 0.3 is 0 Å². The Balaban J connectivity index is 2.84. The summed E-state index contributed by atoms with van der Waals surface area (Å²) in [6.07, 6.45) is 0.783. The third-order valence-electron chi connectivity index (χ3n) is 2.77. The Morgan fingerprint density at radius 3 is 2.65 bits per heavy atom. The van der Waals surface area contributed by atoms with Crippen molar-refractivity contribution in [1.29, 1.82) is 0 Å². The van der Waals surface area contributed by atoms with Crippen molar-refractivity contribution >= 4 is 11.9 Å². The predicted octanol–water partition coefficient (Wildman–Crippen LogP) is 1.43. The van der Waals surface area contributed by atoms with Crippen LogP contribution in [-0.2, 0) is 4.74 Å². The third kappa shape index (κ3) is 4.77. The maximum Gasteiger partial charge on any atom is 0.270 e. The number of hydrogen-bond donors (Lipinski definition) is 1. The topological polar surface area (TPSA) is 67.3 Å². The first-order valence-electron chi connectivity index (χ1n) is 6.79. The second kappa shape index (κ2) is 7.79. The molecular formula is C14H24N4O2. The summed E-state index contributed by atoms with van der Waals surface area (Å²) in [5, 5.41) is 2.84. The molecular weight excluding hydrogens is 256 g/mol. The summed E-state index contributed by atoms with van der Waals surface area (Å²) >= 11 is 0. The SMILES string of the molecule is COCCCNC(=O)c1cc(C(C)C)nc(N(C)C)n1. The van der Waals surface area contributed by atoms with Gasteiger partial charge in [0.25, 0.3) is 5.91 Å². The van der Waals surface area contributed by atoms with Crippen LogP contribution >= 0.6 is 0 Å². The number of nitrogens with one attached hydrogen (secondary N) is 1. The average Bonchev–Trinajstić information content (AvgIpc) is 2.42. The Kier molecular flexibility index (Phi) is 6.38. The van der Waals surface area contributed by atoms with E-state index >= 15 is 0 Å². The summed E-state index contributed by atoms with van der Waals surface area (Å²) in [6, 6.07) is 1.75. The molecule has 0 aliphatic heterocycles. The Bertz CT molecular complexity index is 421. The van der Waals surface area contributed by atoms with Crippen LogP contribution in [0.2, 0.25) is 0 Å². The van der Waals surface area contributed by atoms with E-state index < -0.39 is 0 Å². The molecule has 0 unspecified atom stereocenters. The van der Waals surface area contributed by atoms with Gasteiger partial charge in [0.2, 0.25) is 5.95 Å². The van der Waals surface area contributed by atoms with Crippen molar-refractivity contribution in [2.45, 2.75) is 26.2 Å². The molecule has 6 heteroatoms. The van der Waals surface area contributed by atoms with E-state index in [9.17, 15) is 4.79 Å². The molecule has 1 rings (SSSR count). The molecule has 112 valence electrons. The molecule has 0 radical (unpaired) electrons. The van der Waals surface area contributed by atoms with Crippen molar-refractivity contribution < 1.29 is 9.53 Å². The number of aromatic nitrogens is 2. The molecule has 0 bridgehead atoms. The minimum atomic E-state index is -0.173. The molecule has 1 amide bonds. The van der Waals surface area contributed by atoms with E-state index in [4.69, 9.17) is 4.74 Å². The van der Waals surface area contributed by atoms with Gasteiger partial charge in [-0.3, -0.25) is 4.79 Å². The maximum absolute atomic E-state index is 12.1. The minimum absolute atomic E-state index is 0.173. The van der Waals surface area contributed by atoms with Crippen molar-refractivity contribution in [3.63, 3.8) is 0 Å². The van der Waals surface area contributed by atoms with E-state index in [0.29, 0.717) is 24.8 Å². The zero-order valence-corrected chi connectivity index (χ0v) is 12.9. The van der Waals surface area contributed by atoms with Crippen LogP contribution in [0.4, 0.5) is 5.95 Å². The second-order valence-electron chi connectivity index (χ2n) is 5.13. The molecule has 0 saturated heterocycles. The molecule has 0 aliphatic carbocycles. The average molecular weight is 280 g/mol. The Labute approximate surface area is 120 Å². The number of nitrogens with zero attached hydrogens (tertiary/aromatic N) is 3. The number of carbonyl (C=O) groups is 1. The van der Waals surface area contributed by atoms with Crippen LogP contribution in [-0.4, -0.2) is 50.2 Å². The number of carbonyl (C=O) groups excluding carboxylic acids is 1. The first-order chi connectivity index (χ1) is 9.45. The lowest BCUT2D eigenvalue weighted by molar-refractivity contribution is 0.0943. The summed E-state index contributed by atoms with van der Waals surface area (Å²) < 4.78 is 4.95. The number of hydrogen-bond acceptors (Lipinski definition) is 5. The van der Waals surface area contributed by atoms with E-state index in [1.807, 2.05) is 27.9 Å². The highest BCUT2D eigenvalue weighted by Crippen LogP contribution is 2.16. The van der Waals surface area contributed by atoms with Crippen molar-refractivity contribution in [1.82, 2.24) is 15.3 Å². The van der Waals surface area contributed by atoms with Crippen molar-refractivity contribution in [2.24, 2.45) is 0 Å². The van der Waals surface area contributed by atoms with Gasteiger partial charge in [-0.25, -0.2) is 9.97 Å². The van der Waals surface area contributed by atoms with E-state index in [-0.39, 0.29) is 11.8 Å². The standard InChI is InChI=1S/C14H24N4O2/c1-10(2)11-9-12(17-14(16-11)18(3)4)13(19)15-7-6-8-20-5/h9-10H,6-8H2,1-5H3,(H,15,19). The molecule has 0 fully saturated rings. The molecule has 0 spiro atoms. The molecule has 1 aromatic heterocycles. The van der Waals surface area contributed by atoms with Gasteiger partial charge in [0.15, 0.2) is 0 Å². The lowest BCUT2D eigenvalue weighted by Gasteiger charge is -2.15. The van der Waals surface area contributed by atoms with Crippen LogP contribution in [0.1, 0.15) is 42.4 Å².